The van der Waals surface area contributed by atoms with E-state index in [2.05, 4.69) is 15.5 Å². The van der Waals surface area contributed by atoms with Crippen molar-refractivity contribution in [2.75, 3.05) is 33.3 Å². The molecule has 0 aromatic heterocycles. The van der Waals surface area contributed by atoms with E-state index in [0.717, 1.165) is 68.1 Å². The van der Waals surface area contributed by atoms with Gasteiger partial charge in [0.1, 0.15) is 11.2 Å². The number of unbranched alkanes of at least 4 members (excludes halogenated alkanes) is 1. The van der Waals surface area contributed by atoms with Gasteiger partial charge in [0.25, 0.3) is 11.8 Å². The lowest BCUT2D eigenvalue weighted by Gasteiger charge is -2.31. The van der Waals surface area contributed by atoms with Crippen LogP contribution in [-0.2, 0) is 10.2 Å². The first kappa shape index (κ1) is 32.1. The summed E-state index contributed by atoms with van der Waals surface area (Å²) in [4.78, 5) is 28.8. The second-order valence-corrected chi connectivity index (χ2v) is 11.2. The molecule has 1 heterocycles. The molecule has 0 radical (unpaired) electrons. The molecule has 3 aromatic rings. The number of carbonyl (C=O) groups excluding carboxylic acids is 2. The number of halogens is 2. The van der Waals surface area contributed by atoms with Crippen molar-refractivity contribution in [3.8, 4) is 16.9 Å². The topological polar surface area (TPSA) is 70.7 Å². The second-order valence-electron chi connectivity index (χ2n) is 11.2. The summed E-state index contributed by atoms with van der Waals surface area (Å²) in [6.07, 6.45) is 2.99. The van der Waals surface area contributed by atoms with Gasteiger partial charge in [-0.25, -0.2) is 8.78 Å². The molecular formula is C35H43F2N3O3. The number of nitrogens with zero attached hydrogens (tertiary/aromatic N) is 1. The molecule has 2 N–H and O–H groups in total. The molecule has 230 valence electrons. The third kappa shape index (κ3) is 7.24. The van der Waals surface area contributed by atoms with Crippen molar-refractivity contribution < 1.29 is 23.1 Å². The third-order valence-electron chi connectivity index (χ3n) is 8.25. The molecule has 1 unspecified atom stereocenters. The highest BCUT2D eigenvalue weighted by molar-refractivity contribution is 6.00. The van der Waals surface area contributed by atoms with Crippen LogP contribution in [0.15, 0.2) is 72.8 Å². The summed E-state index contributed by atoms with van der Waals surface area (Å²) in [5.41, 5.74) is 3.30. The van der Waals surface area contributed by atoms with Crippen LogP contribution < -0.4 is 15.4 Å². The Labute approximate surface area is 253 Å². The minimum Gasteiger partial charge on any atom is -0.497 e. The maximum Gasteiger partial charge on any atom is 0.262 e. The molecule has 2 aliphatic rings. The average Bonchev–Trinajstić information content (AvgIpc) is 3.59. The summed E-state index contributed by atoms with van der Waals surface area (Å²) >= 11 is 0. The summed E-state index contributed by atoms with van der Waals surface area (Å²) < 4.78 is 32.7. The number of hydrogen-bond donors (Lipinski definition) is 2. The predicted octanol–water partition coefficient (Wildman–Crippen LogP) is 6.43. The van der Waals surface area contributed by atoms with Gasteiger partial charge in [0.2, 0.25) is 5.91 Å². The largest absolute Gasteiger partial charge is 0.497 e. The van der Waals surface area contributed by atoms with Gasteiger partial charge in [0, 0.05) is 31.6 Å². The molecule has 3 aromatic carbocycles. The molecule has 1 aliphatic carbocycles. The van der Waals surface area contributed by atoms with Crippen molar-refractivity contribution in [1.29, 1.82) is 0 Å². The van der Waals surface area contributed by atoms with Gasteiger partial charge in [0.15, 0.2) is 0 Å². The summed E-state index contributed by atoms with van der Waals surface area (Å²) in [5, 5.41) is 5.70. The zero-order valence-corrected chi connectivity index (χ0v) is 25.6. The lowest BCUT2D eigenvalue weighted by atomic mass is 9.73. The van der Waals surface area contributed by atoms with E-state index in [1.165, 1.54) is 0 Å². The summed E-state index contributed by atoms with van der Waals surface area (Å²) in [7, 11) is 1.59. The Morgan fingerprint density at radius 3 is 2.14 bits per heavy atom. The van der Waals surface area contributed by atoms with E-state index >= 15 is 0 Å². The molecule has 1 fully saturated rings. The second kappa shape index (κ2) is 14.1. The Bertz CT molecular complexity index is 1340. The number of alkyl halides is 2. The van der Waals surface area contributed by atoms with Crippen LogP contribution in [0.3, 0.4) is 0 Å². The van der Waals surface area contributed by atoms with Gasteiger partial charge >= 0.3 is 0 Å². The van der Waals surface area contributed by atoms with E-state index < -0.39 is 17.9 Å². The number of methoxy groups -OCH3 is 1. The minimum absolute atomic E-state index is 0.0750. The first-order chi connectivity index (χ1) is 20.7. The number of hydrogen-bond acceptors (Lipinski definition) is 4. The minimum atomic E-state index is -3.00. The number of likely N-dealkylation sites (tertiary alicyclic amines) is 1. The third-order valence-corrected chi connectivity index (χ3v) is 8.25. The maximum absolute atomic E-state index is 13.8. The van der Waals surface area contributed by atoms with Crippen LogP contribution in [0.2, 0.25) is 0 Å². The first-order valence-corrected chi connectivity index (χ1v) is 15.2. The Balaban J connectivity index is 0.00000207. The standard InChI is InChI=1S/C33H37F2N3O3.C2H6/c1-32(34,35)22-36-31(40)33(28-11-5-3-9-26(28)27-10-4-6-12-29(27)33)18-7-8-19-38-20-17-24(21-38)37-30(39)23-13-15-25(41-2)16-14-23;1-2/h3-6,9-16,24H,7-8,17-22H2,1-2H3,(H,36,40)(H,37,39);1-2H3. The summed E-state index contributed by atoms with van der Waals surface area (Å²) in [6.45, 7) is 6.61. The zero-order valence-electron chi connectivity index (χ0n) is 25.6. The molecule has 1 saturated heterocycles. The van der Waals surface area contributed by atoms with Crippen LogP contribution in [0.25, 0.3) is 11.1 Å². The van der Waals surface area contributed by atoms with Gasteiger partial charge in [-0.1, -0.05) is 68.8 Å². The first-order valence-electron chi connectivity index (χ1n) is 15.2. The van der Waals surface area contributed by atoms with Crippen LogP contribution in [0.4, 0.5) is 8.78 Å². The van der Waals surface area contributed by atoms with Crippen LogP contribution in [0.1, 0.15) is 67.9 Å². The lowest BCUT2D eigenvalue weighted by Crippen LogP contribution is -2.47. The van der Waals surface area contributed by atoms with Gasteiger partial charge in [-0.15, -0.1) is 0 Å². The van der Waals surface area contributed by atoms with E-state index in [0.29, 0.717) is 17.7 Å². The predicted molar refractivity (Wildman–Crippen MR) is 167 cm³/mol. The van der Waals surface area contributed by atoms with E-state index in [1.54, 1.807) is 31.4 Å². The zero-order chi connectivity index (χ0) is 31.0. The Kier molecular flexibility index (Phi) is 10.6. The van der Waals surface area contributed by atoms with Crippen molar-refractivity contribution >= 4 is 11.8 Å². The number of carbonyl (C=O) groups is 2. The van der Waals surface area contributed by atoms with Gasteiger partial charge in [0.05, 0.1) is 13.7 Å². The fourth-order valence-electron chi connectivity index (χ4n) is 6.23. The van der Waals surface area contributed by atoms with E-state index in [1.807, 2.05) is 62.4 Å². The normalized spacial score (nSPS) is 16.8. The van der Waals surface area contributed by atoms with Crippen LogP contribution in [-0.4, -0.2) is 62.0 Å². The molecule has 1 aliphatic heterocycles. The number of amides is 2. The van der Waals surface area contributed by atoms with Crippen molar-refractivity contribution in [1.82, 2.24) is 15.5 Å². The average molecular weight is 592 g/mol. The number of rotatable bonds is 11. The van der Waals surface area contributed by atoms with E-state index in [9.17, 15) is 18.4 Å². The van der Waals surface area contributed by atoms with Crippen LogP contribution in [0, 0.1) is 0 Å². The van der Waals surface area contributed by atoms with Crippen molar-refractivity contribution in [2.24, 2.45) is 0 Å². The highest BCUT2D eigenvalue weighted by atomic mass is 19.3. The van der Waals surface area contributed by atoms with Crippen molar-refractivity contribution in [2.45, 2.75) is 63.8 Å². The molecule has 0 saturated carbocycles. The Morgan fingerprint density at radius 2 is 1.56 bits per heavy atom. The van der Waals surface area contributed by atoms with Crippen LogP contribution >= 0.6 is 0 Å². The fourth-order valence-corrected chi connectivity index (χ4v) is 6.23. The molecule has 0 spiro atoms. The number of nitrogens with one attached hydrogen (secondary N) is 2. The molecule has 1 atom stereocenters. The number of fused-ring (bicyclic) bond motifs is 3. The van der Waals surface area contributed by atoms with Gasteiger partial charge in [-0.3, -0.25) is 9.59 Å². The van der Waals surface area contributed by atoms with Gasteiger partial charge in [-0.05, 0) is 72.3 Å². The number of ether oxygens (including phenoxy) is 1. The molecule has 6 nitrogen and oxygen atoms in total. The molecule has 5 rings (SSSR count). The molecule has 2 amide bonds. The molecule has 0 bridgehead atoms. The Hall–Kier alpha value is -3.78. The fraction of sp³-hybridized carbons (Fsp3) is 0.429. The lowest BCUT2D eigenvalue weighted by molar-refractivity contribution is -0.127. The highest BCUT2D eigenvalue weighted by Crippen LogP contribution is 2.51. The maximum atomic E-state index is 13.8. The summed E-state index contributed by atoms with van der Waals surface area (Å²) in [5.74, 6) is -2.76. The van der Waals surface area contributed by atoms with Gasteiger partial charge in [-0.2, -0.15) is 0 Å². The van der Waals surface area contributed by atoms with Crippen LogP contribution in [0.5, 0.6) is 5.75 Å². The van der Waals surface area contributed by atoms with Crippen molar-refractivity contribution in [3.63, 3.8) is 0 Å². The molecule has 43 heavy (non-hydrogen) atoms. The number of benzene rings is 3. The van der Waals surface area contributed by atoms with Crippen molar-refractivity contribution in [3.05, 3.63) is 89.5 Å². The summed E-state index contributed by atoms with van der Waals surface area (Å²) in [6, 6.07) is 22.8. The monoisotopic (exact) mass is 591 g/mol. The highest BCUT2D eigenvalue weighted by Gasteiger charge is 2.48. The smallest absolute Gasteiger partial charge is 0.262 e. The molecular weight excluding hydrogens is 548 g/mol. The SMILES string of the molecule is CC.COc1ccc(C(=O)NC2CCN(CCCCC3(C(=O)NCC(C)(F)F)c4ccccc4-c4ccccc43)C2)cc1. The van der Waals surface area contributed by atoms with E-state index in [-0.39, 0.29) is 17.9 Å². The Morgan fingerprint density at radius 1 is 0.953 bits per heavy atom. The quantitative estimate of drug-likeness (QED) is 0.252. The van der Waals surface area contributed by atoms with E-state index in [4.69, 9.17) is 4.74 Å². The van der Waals surface area contributed by atoms with Gasteiger partial charge < -0.3 is 20.3 Å². The molecule has 8 heteroatoms.